The Labute approximate surface area is 157 Å². The van der Waals surface area contributed by atoms with Crippen LogP contribution in [0.25, 0.3) is 11.4 Å². The number of nitrogens with one attached hydrogen (secondary N) is 2. The molecule has 0 saturated carbocycles. The number of aromatic nitrogens is 2. The van der Waals surface area contributed by atoms with E-state index in [0.29, 0.717) is 22.8 Å². The Balaban J connectivity index is 1.79. The van der Waals surface area contributed by atoms with Gasteiger partial charge in [-0.05, 0) is 49.7 Å². The van der Waals surface area contributed by atoms with E-state index >= 15 is 0 Å². The lowest BCUT2D eigenvalue weighted by atomic mass is 10.1. The Morgan fingerprint density at radius 2 is 1.96 bits per heavy atom. The highest BCUT2D eigenvalue weighted by Gasteiger charge is 2.10. The third-order valence-corrected chi connectivity index (χ3v) is 4.13. The van der Waals surface area contributed by atoms with Gasteiger partial charge in [0, 0.05) is 29.1 Å². The zero-order valence-corrected chi connectivity index (χ0v) is 15.2. The molecule has 0 fully saturated rings. The lowest BCUT2D eigenvalue weighted by Gasteiger charge is -2.12. The molecule has 27 heavy (non-hydrogen) atoms. The summed E-state index contributed by atoms with van der Waals surface area (Å²) in [4.78, 5) is 20.9. The zero-order chi connectivity index (χ0) is 19.2. The van der Waals surface area contributed by atoms with Crippen molar-refractivity contribution in [2.75, 3.05) is 5.32 Å². The highest BCUT2D eigenvalue weighted by Crippen LogP contribution is 2.20. The van der Waals surface area contributed by atoms with Crippen molar-refractivity contribution in [2.24, 2.45) is 0 Å². The lowest BCUT2D eigenvalue weighted by molar-refractivity contribution is 0.0939. The maximum atomic E-state index is 13.4. The molecular formula is C21H21FN4O. The van der Waals surface area contributed by atoms with Crippen LogP contribution in [0.2, 0.25) is 0 Å². The summed E-state index contributed by atoms with van der Waals surface area (Å²) in [6, 6.07) is 15.2. The van der Waals surface area contributed by atoms with Gasteiger partial charge in [0.2, 0.25) is 0 Å². The molecule has 0 bridgehead atoms. The van der Waals surface area contributed by atoms with Crippen molar-refractivity contribution < 1.29 is 9.18 Å². The fourth-order valence-electron chi connectivity index (χ4n) is 2.49. The number of rotatable bonds is 6. The van der Waals surface area contributed by atoms with Crippen molar-refractivity contribution in [3.05, 3.63) is 72.2 Å². The second-order valence-corrected chi connectivity index (χ2v) is 6.26. The highest BCUT2D eigenvalue weighted by atomic mass is 19.1. The van der Waals surface area contributed by atoms with Gasteiger partial charge in [-0.25, -0.2) is 14.4 Å². The summed E-state index contributed by atoms with van der Waals surface area (Å²) >= 11 is 0. The number of carbonyl (C=O) groups is 1. The van der Waals surface area contributed by atoms with E-state index in [2.05, 4.69) is 20.6 Å². The monoisotopic (exact) mass is 364 g/mol. The number of carbonyl (C=O) groups excluding carboxylic acids is 1. The Hall–Kier alpha value is -3.28. The number of amides is 1. The van der Waals surface area contributed by atoms with Crippen molar-refractivity contribution in [3.63, 3.8) is 0 Å². The minimum atomic E-state index is -0.338. The van der Waals surface area contributed by atoms with Gasteiger partial charge in [0.1, 0.15) is 11.6 Å². The minimum Gasteiger partial charge on any atom is -0.350 e. The van der Waals surface area contributed by atoms with Gasteiger partial charge >= 0.3 is 0 Å². The van der Waals surface area contributed by atoms with Crippen molar-refractivity contribution in [1.29, 1.82) is 0 Å². The summed E-state index contributed by atoms with van der Waals surface area (Å²) in [6.07, 6.45) is 2.47. The van der Waals surface area contributed by atoms with E-state index in [0.717, 1.165) is 12.1 Å². The van der Waals surface area contributed by atoms with Gasteiger partial charge in [0.05, 0.1) is 0 Å². The minimum absolute atomic E-state index is 0.115. The first-order valence-electron chi connectivity index (χ1n) is 8.82. The first-order chi connectivity index (χ1) is 13.0. The summed E-state index contributed by atoms with van der Waals surface area (Å²) in [5.74, 6) is 0.527. The third-order valence-electron chi connectivity index (χ3n) is 4.13. The number of nitrogens with zero attached hydrogens (tertiary/aromatic N) is 2. The topological polar surface area (TPSA) is 66.9 Å². The van der Waals surface area contributed by atoms with E-state index in [-0.39, 0.29) is 17.8 Å². The van der Waals surface area contributed by atoms with Crippen molar-refractivity contribution in [3.8, 4) is 11.4 Å². The van der Waals surface area contributed by atoms with Gasteiger partial charge in [-0.1, -0.05) is 25.1 Å². The van der Waals surface area contributed by atoms with E-state index in [9.17, 15) is 9.18 Å². The molecule has 2 aromatic carbocycles. The lowest BCUT2D eigenvalue weighted by Crippen LogP contribution is -2.31. The molecule has 0 aliphatic heterocycles. The molecule has 6 heteroatoms. The summed E-state index contributed by atoms with van der Waals surface area (Å²) in [6.45, 7) is 3.99. The predicted octanol–water partition coefficient (Wildman–Crippen LogP) is 4.55. The Morgan fingerprint density at radius 1 is 1.15 bits per heavy atom. The molecule has 3 rings (SSSR count). The second-order valence-electron chi connectivity index (χ2n) is 6.26. The number of hydrogen-bond acceptors (Lipinski definition) is 4. The third kappa shape index (κ3) is 4.88. The maximum Gasteiger partial charge on any atom is 0.251 e. The van der Waals surface area contributed by atoms with Crippen LogP contribution >= 0.6 is 0 Å². The van der Waals surface area contributed by atoms with Crippen molar-refractivity contribution in [1.82, 2.24) is 15.3 Å². The molecule has 1 heterocycles. The van der Waals surface area contributed by atoms with Crippen molar-refractivity contribution >= 4 is 17.4 Å². The zero-order valence-electron chi connectivity index (χ0n) is 15.2. The van der Waals surface area contributed by atoms with Crippen LogP contribution in [-0.4, -0.2) is 21.9 Å². The molecule has 3 aromatic rings. The van der Waals surface area contributed by atoms with E-state index < -0.39 is 0 Å². The quantitative estimate of drug-likeness (QED) is 0.673. The maximum absolute atomic E-state index is 13.4. The molecule has 0 saturated heterocycles. The fourth-order valence-corrected chi connectivity index (χ4v) is 2.49. The van der Waals surface area contributed by atoms with Gasteiger partial charge in [-0.15, -0.1) is 0 Å². The molecule has 0 aliphatic rings. The smallest absolute Gasteiger partial charge is 0.251 e. The first kappa shape index (κ1) is 18.5. The van der Waals surface area contributed by atoms with Crippen LogP contribution in [0, 0.1) is 5.82 Å². The molecule has 2 N–H and O–H groups in total. The summed E-state index contributed by atoms with van der Waals surface area (Å²) in [5, 5.41) is 6.11. The summed E-state index contributed by atoms with van der Waals surface area (Å²) < 4.78 is 13.4. The van der Waals surface area contributed by atoms with E-state index in [1.807, 2.05) is 26.0 Å². The molecule has 1 amide bonds. The van der Waals surface area contributed by atoms with Crippen LogP contribution < -0.4 is 10.6 Å². The molecule has 138 valence electrons. The highest BCUT2D eigenvalue weighted by molar-refractivity contribution is 5.95. The van der Waals surface area contributed by atoms with Crippen LogP contribution in [0.1, 0.15) is 30.6 Å². The second kappa shape index (κ2) is 8.40. The molecule has 0 spiro atoms. The molecule has 1 atom stereocenters. The van der Waals surface area contributed by atoms with Gasteiger partial charge in [0.15, 0.2) is 5.82 Å². The number of halogens is 1. The average molecular weight is 364 g/mol. The van der Waals surface area contributed by atoms with Gasteiger partial charge in [0.25, 0.3) is 5.91 Å². The van der Waals surface area contributed by atoms with Gasteiger partial charge < -0.3 is 10.6 Å². The molecular weight excluding hydrogens is 343 g/mol. The Kier molecular flexibility index (Phi) is 5.76. The average Bonchev–Trinajstić information content (AvgIpc) is 2.68. The van der Waals surface area contributed by atoms with E-state index in [1.165, 1.54) is 12.1 Å². The van der Waals surface area contributed by atoms with Crippen LogP contribution in [-0.2, 0) is 0 Å². The Bertz CT molecular complexity index is 945. The molecule has 5 nitrogen and oxygen atoms in total. The van der Waals surface area contributed by atoms with Gasteiger partial charge in [-0.3, -0.25) is 4.79 Å². The fraction of sp³-hybridized carbons (Fsp3) is 0.190. The van der Waals surface area contributed by atoms with Crippen LogP contribution in [0.3, 0.4) is 0 Å². The number of benzene rings is 2. The van der Waals surface area contributed by atoms with Crippen LogP contribution in [0.5, 0.6) is 0 Å². The SMILES string of the molecule is CCC(C)NC(=O)c1cccc(Nc2ccnc(-c3cccc(F)c3)n2)c1. The van der Waals surface area contributed by atoms with Crippen LogP contribution in [0.4, 0.5) is 15.9 Å². The normalized spacial score (nSPS) is 11.7. The molecule has 0 aliphatic carbocycles. The summed E-state index contributed by atoms with van der Waals surface area (Å²) in [5.41, 5.74) is 1.90. The van der Waals surface area contributed by atoms with E-state index in [4.69, 9.17) is 0 Å². The molecule has 0 radical (unpaired) electrons. The van der Waals surface area contributed by atoms with Crippen LogP contribution in [0.15, 0.2) is 60.8 Å². The summed E-state index contributed by atoms with van der Waals surface area (Å²) in [7, 11) is 0. The standard InChI is InChI=1S/C21H21FN4O/c1-3-14(2)24-21(27)16-7-5-9-18(13-16)25-19-10-11-23-20(26-19)15-6-4-8-17(22)12-15/h4-14H,3H2,1-2H3,(H,24,27)(H,23,25,26). The molecule has 1 unspecified atom stereocenters. The van der Waals surface area contributed by atoms with E-state index in [1.54, 1.807) is 36.5 Å². The number of hydrogen-bond donors (Lipinski definition) is 2. The van der Waals surface area contributed by atoms with Crippen molar-refractivity contribution in [2.45, 2.75) is 26.3 Å². The largest absolute Gasteiger partial charge is 0.350 e. The Morgan fingerprint density at radius 3 is 2.74 bits per heavy atom. The van der Waals surface area contributed by atoms with Gasteiger partial charge in [-0.2, -0.15) is 0 Å². The number of anilines is 2. The first-order valence-corrected chi connectivity index (χ1v) is 8.82. The molecule has 1 aromatic heterocycles. The predicted molar refractivity (Wildman–Crippen MR) is 104 cm³/mol.